The van der Waals surface area contributed by atoms with E-state index >= 15 is 0 Å². The summed E-state index contributed by atoms with van der Waals surface area (Å²) < 4.78 is 0. The zero-order chi connectivity index (χ0) is 41.2. The number of fused-ring (bicyclic) bond motifs is 3. The predicted octanol–water partition coefficient (Wildman–Crippen LogP) is 14.9. The molecule has 0 aliphatic rings. The van der Waals surface area contributed by atoms with Crippen LogP contribution in [-0.2, 0) is 0 Å². The Morgan fingerprint density at radius 1 is 0.226 bits per heavy atom. The van der Waals surface area contributed by atoms with E-state index in [0.29, 0.717) is 17.5 Å². The average Bonchev–Trinajstić information content (AvgIpc) is 3.37. The molecule has 2 aromatic heterocycles. The van der Waals surface area contributed by atoms with E-state index in [1.165, 1.54) is 21.9 Å². The zero-order valence-electron chi connectivity index (χ0n) is 33.7. The maximum Gasteiger partial charge on any atom is 0.164 e. The molecule has 11 aromatic rings. The summed E-state index contributed by atoms with van der Waals surface area (Å²) in [6.45, 7) is 0. The van der Waals surface area contributed by atoms with Gasteiger partial charge in [-0.05, 0) is 79.2 Å². The second kappa shape index (κ2) is 16.0. The first-order chi connectivity index (χ1) is 30.7. The second-order valence-electron chi connectivity index (χ2n) is 15.5. The van der Waals surface area contributed by atoms with Gasteiger partial charge in [0.25, 0.3) is 0 Å². The molecule has 0 amide bonds. The Balaban J connectivity index is 0.903. The van der Waals surface area contributed by atoms with Crippen LogP contribution < -0.4 is 0 Å². The monoisotopic (exact) mass is 790 g/mol. The van der Waals surface area contributed by atoms with Crippen LogP contribution in [0.4, 0.5) is 0 Å². The fraction of sp³-hybridized carbons (Fsp3) is 0. The molecule has 290 valence electrons. The number of benzene rings is 9. The van der Waals surface area contributed by atoms with Crippen LogP contribution in [0.25, 0.3) is 111 Å². The van der Waals surface area contributed by atoms with Crippen molar-refractivity contribution in [1.29, 1.82) is 0 Å². The topological polar surface area (TPSA) is 51.6 Å². The quantitative estimate of drug-likeness (QED) is 0.144. The van der Waals surface area contributed by atoms with E-state index in [2.05, 4.69) is 212 Å². The number of hydrogen-bond acceptors (Lipinski definition) is 4. The van der Waals surface area contributed by atoms with Crippen LogP contribution in [0.2, 0.25) is 0 Å². The highest BCUT2D eigenvalue weighted by atomic mass is 15.0. The molecule has 4 heteroatoms. The largest absolute Gasteiger partial charge is 0.256 e. The standard InChI is InChI=1S/C58H38N4/c1-3-11-39(12-4-1)41-21-27-44(28-22-41)56-60-57(45-29-23-42(24-30-45)40-13-5-2-6-14-40)62-58(61-56)46-31-25-43(26-32-46)47-16-9-17-48(35-47)49-18-10-19-50(36-49)51-33-34-54-53-20-8-7-15-52(53)38-59-55(54)37-51/h1-38H. The highest BCUT2D eigenvalue weighted by Gasteiger charge is 2.14. The summed E-state index contributed by atoms with van der Waals surface area (Å²) in [4.78, 5) is 19.9. The van der Waals surface area contributed by atoms with Gasteiger partial charge in [-0.25, -0.2) is 15.0 Å². The SMILES string of the molecule is c1ccc(-c2ccc(-c3nc(-c4ccc(-c5ccccc5)cc4)nc(-c4ccc(-c5cccc(-c6cccc(-c7ccc8c(c7)ncc7ccccc78)c6)c5)cc4)n3)cc2)cc1. The van der Waals surface area contributed by atoms with Gasteiger partial charge in [0.2, 0.25) is 0 Å². The summed E-state index contributed by atoms with van der Waals surface area (Å²) in [5.41, 5.74) is 15.3. The molecule has 0 radical (unpaired) electrons. The molecule has 11 rings (SSSR count). The summed E-state index contributed by atoms with van der Waals surface area (Å²) in [7, 11) is 0. The lowest BCUT2D eigenvalue weighted by Gasteiger charge is -2.11. The molecule has 2 heterocycles. The van der Waals surface area contributed by atoms with Crippen molar-refractivity contribution in [3.05, 3.63) is 231 Å². The number of hydrogen-bond donors (Lipinski definition) is 0. The number of rotatable bonds is 8. The maximum absolute atomic E-state index is 5.06. The van der Waals surface area contributed by atoms with E-state index in [4.69, 9.17) is 19.9 Å². The minimum Gasteiger partial charge on any atom is -0.256 e. The molecule has 0 N–H and O–H groups in total. The highest BCUT2D eigenvalue weighted by Crippen LogP contribution is 2.34. The van der Waals surface area contributed by atoms with Crippen LogP contribution in [0.1, 0.15) is 0 Å². The Bertz CT molecular complexity index is 3260. The van der Waals surface area contributed by atoms with Crippen LogP contribution in [-0.4, -0.2) is 19.9 Å². The first kappa shape index (κ1) is 36.7. The van der Waals surface area contributed by atoms with Crippen molar-refractivity contribution < 1.29 is 0 Å². The first-order valence-corrected chi connectivity index (χ1v) is 20.9. The molecule has 0 atom stereocenters. The summed E-state index contributed by atoms with van der Waals surface area (Å²) in [6.07, 6.45) is 1.96. The summed E-state index contributed by atoms with van der Waals surface area (Å²) in [5, 5.41) is 3.54. The van der Waals surface area contributed by atoms with Crippen molar-refractivity contribution in [2.75, 3.05) is 0 Å². The van der Waals surface area contributed by atoms with Gasteiger partial charge in [0.15, 0.2) is 17.5 Å². The van der Waals surface area contributed by atoms with E-state index in [-0.39, 0.29) is 0 Å². The molecule has 62 heavy (non-hydrogen) atoms. The summed E-state index contributed by atoms with van der Waals surface area (Å²) in [6, 6.07) is 78.7. The number of pyridine rings is 1. The van der Waals surface area contributed by atoms with Crippen molar-refractivity contribution in [3.63, 3.8) is 0 Å². The van der Waals surface area contributed by atoms with Gasteiger partial charge in [-0.3, -0.25) is 4.98 Å². The van der Waals surface area contributed by atoms with E-state index in [1.807, 2.05) is 18.3 Å². The summed E-state index contributed by atoms with van der Waals surface area (Å²) in [5.74, 6) is 1.88. The third kappa shape index (κ3) is 7.31. The Kier molecular flexibility index (Phi) is 9.49. The molecule has 0 unspecified atom stereocenters. The molecular weight excluding hydrogens is 753 g/mol. The van der Waals surface area contributed by atoms with E-state index in [9.17, 15) is 0 Å². The van der Waals surface area contributed by atoms with E-state index in [1.54, 1.807) is 0 Å². The molecule has 0 aliphatic carbocycles. The molecule has 0 saturated heterocycles. The van der Waals surface area contributed by atoms with Gasteiger partial charge >= 0.3 is 0 Å². The van der Waals surface area contributed by atoms with Crippen molar-refractivity contribution >= 4 is 21.7 Å². The van der Waals surface area contributed by atoms with Gasteiger partial charge in [-0.15, -0.1) is 0 Å². The molecule has 0 bridgehead atoms. The lowest BCUT2D eigenvalue weighted by atomic mass is 9.95. The molecular formula is C58H38N4. The van der Waals surface area contributed by atoms with Gasteiger partial charge in [0.1, 0.15) is 0 Å². The van der Waals surface area contributed by atoms with E-state index < -0.39 is 0 Å². The first-order valence-electron chi connectivity index (χ1n) is 20.9. The van der Waals surface area contributed by atoms with Crippen molar-refractivity contribution in [3.8, 4) is 89.8 Å². The predicted molar refractivity (Wildman–Crippen MR) is 256 cm³/mol. The third-order valence-electron chi connectivity index (χ3n) is 11.6. The molecule has 0 fully saturated rings. The molecule has 9 aromatic carbocycles. The highest BCUT2D eigenvalue weighted by molar-refractivity contribution is 6.06. The second-order valence-corrected chi connectivity index (χ2v) is 15.5. The van der Waals surface area contributed by atoms with Crippen molar-refractivity contribution in [2.24, 2.45) is 0 Å². The lowest BCUT2D eigenvalue weighted by molar-refractivity contribution is 1.07. The molecule has 4 nitrogen and oxygen atoms in total. The van der Waals surface area contributed by atoms with Crippen LogP contribution in [0.3, 0.4) is 0 Å². The number of nitrogens with zero attached hydrogens (tertiary/aromatic N) is 4. The molecule has 0 saturated carbocycles. The van der Waals surface area contributed by atoms with Crippen molar-refractivity contribution in [1.82, 2.24) is 19.9 Å². The fourth-order valence-corrected chi connectivity index (χ4v) is 8.26. The smallest absolute Gasteiger partial charge is 0.164 e. The van der Waals surface area contributed by atoms with Crippen LogP contribution in [0.15, 0.2) is 231 Å². The Hall–Kier alpha value is -8.34. The number of aromatic nitrogens is 4. The van der Waals surface area contributed by atoms with Gasteiger partial charge in [-0.1, -0.05) is 206 Å². The lowest BCUT2D eigenvalue weighted by Crippen LogP contribution is -2.00. The Labute approximate surface area is 360 Å². The van der Waals surface area contributed by atoms with Gasteiger partial charge in [0.05, 0.1) is 5.52 Å². The zero-order valence-corrected chi connectivity index (χ0v) is 33.7. The van der Waals surface area contributed by atoms with Crippen molar-refractivity contribution in [2.45, 2.75) is 0 Å². The van der Waals surface area contributed by atoms with Crippen LogP contribution in [0, 0.1) is 0 Å². The Morgan fingerprint density at radius 3 is 1.05 bits per heavy atom. The van der Waals surface area contributed by atoms with Crippen LogP contribution >= 0.6 is 0 Å². The summed E-state index contributed by atoms with van der Waals surface area (Å²) >= 11 is 0. The minimum absolute atomic E-state index is 0.624. The van der Waals surface area contributed by atoms with Gasteiger partial charge in [-0.2, -0.15) is 0 Å². The van der Waals surface area contributed by atoms with Gasteiger partial charge < -0.3 is 0 Å². The minimum atomic E-state index is 0.624. The van der Waals surface area contributed by atoms with Gasteiger partial charge in [0, 0.05) is 33.7 Å². The maximum atomic E-state index is 5.06. The van der Waals surface area contributed by atoms with Crippen LogP contribution in [0.5, 0.6) is 0 Å². The van der Waals surface area contributed by atoms with E-state index in [0.717, 1.165) is 72.1 Å². The molecule has 0 aliphatic heterocycles. The third-order valence-corrected chi connectivity index (χ3v) is 11.6. The molecule has 0 spiro atoms. The fourth-order valence-electron chi connectivity index (χ4n) is 8.26. The Morgan fingerprint density at radius 2 is 0.565 bits per heavy atom. The average molecular weight is 791 g/mol. The normalized spacial score (nSPS) is 11.2.